The van der Waals surface area contributed by atoms with E-state index < -0.39 is 5.60 Å². The Labute approximate surface area is 197 Å². The zero-order valence-corrected chi connectivity index (χ0v) is 20.1. The topological polar surface area (TPSA) is 32.7 Å². The number of rotatable bonds is 11. The molecule has 3 aromatic rings. The number of hydrogen-bond donors (Lipinski definition) is 1. The maximum absolute atomic E-state index is 11.9. The van der Waals surface area contributed by atoms with Gasteiger partial charge in [-0.3, -0.25) is 0 Å². The zero-order valence-electron chi connectivity index (χ0n) is 19.4. The van der Waals surface area contributed by atoms with Crippen LogP contribution >= 0.6 is 11.6 Å². The van der Waals surface area contributed by atoms with E-state index in [1.807, 2.05) is 72.8 Å². The molecular formula is C28H34ClNO2. The quantitative estimate of drug-likeness (QED) is 0.374. The SMILES string of the molecule is CCN(CC)CCOc1ccc(C(O)(CCc2ccc(Cl)cc2)c2ccc(C)cc2)cc1. The Morgan fingerprint density at radius 1 is 0.844 bits per heavy atom. The van der Waals surface area contributed by atoms with Gasteiger partial charge >= 0.3 is 0 Å². The van der Waals surface area contributed by atoms with Crippen LogP contribution in [0.2, 0.25) is 5.02 Å². The van der Waals surface area contributed by atoms with Crippen molar-refractivity contribution in [2.45, 2.75) is 39.2 Å². The fourth-order valence-electron chi connectivity index (χ4n) is 3.92. The van der Waals surface area contributed by atoms with Gasteiger partial charge < -0.3 is 14.7 Å². The molecule has 1 N–H and O–H groups in total. The molecular weight excluding hydrogens is 418 g/mol. The molecule has 0 aliphatic heterocycles. The lowest BCUT2D eigenvalue weighted by Crippen LogP contribution is -2.28. The van der Waals surface area contributed by atoms with Crippen LogP contribution in [0.25, 0.3) is 0 Å². The van der Waals surface area contributed by atoms with E-state index in [0.29, 0.717) is 13.0 Å². The number of aryl methyl sites for hydroxylation is 2. The van der Waals surface area contributed by atoms with Crippen molar-refractivity contribution in [3.05, 3.63) is 100 Å². The lowest BCUT2D eigenvalue weighted by molar-refractivity contribution is 0.0712. The maximum atomic E-state index is 11.9. The van der Waals surface area contributed by atoms with Gasteiger partial charge in [0, 0.05) is 11.6 Å². The minimum atomic E-state index is -1.09. The van der Waals surface area contributed by atoms with Crippen molar-refractivity contribution in [1.82, 2.24) is 4.90 Å². The second kappa shape index (κ2) is 11.5. The van der Waals surface area contributed by atoms with Gasteiger partial charge in [0.1, 0.15) is 18.0 Å². The molecule has 0 aliphatic carbocycles. The van der Waals surface area contributed by atoms with Gasteiger partial charge in [0.2, 0.25) is 0 Å². The third kappa shape index (κ3) is 6.35. The molecule has 3 aromatic carbocycles. The molecule has 0 radical (unpaired) electrons. The van der Waals surface area contributed by atoms with Crippen LogP contribution in [-0.4, -0.2) is 36.2 Å². The van der Waals surface area contributed by atoms with Crippen molar-refractivity contribution in [3.63, 3.8) is 0 Å². The summed E-state index contributed by atoms with van der Waals surface area (Å²) in [7, 11) is 0. The molecule has 0 amide bonds. The Morgan fingerprint density at radius 3 is 1.97 bits per heavy atom. The Bertz CT molecular complexity index is 950. The first-order valence-electron chi connectivity index (χ1n) is 11.4. The zero-order chi connectivity index (χ0) is 23.0. The van der Waals surface area contributed by atoms with Crippen LogP contribution in [0, 0.1) is 6.92 Å². The lowest BCUT2D eigenvalue weighted by Gasteiger charge is -2.30. The van der Waals surface area contributed by atoms with Crippen molar-refractivity contribution in [3.8, 4) is 5.75 Å². The Morgan fingerprint density at radius 2 is 1.41 bits per heavy atom. The van der Waals surface area contributed by atoms with Crippen LogP contribution in [0.1, 0.15) is 42.5 Å². The average molecular weight is 452 g/mol. The Kier molecular flexibility index (Phi) is 8.75. The van der Waals surface area contributed by atoms with Crippen LogP contribution in [-0.2, 0) is 12.0 Å². The first-order chi connectivity index (χ1) is 15.4. The fourth-order valence-corrected chi connectivity index (χ4v) is 4.05. The van der Waals surface area contributed by atoms with Crippen molar-refractivity contribution in [2.75, 3.05) is 26.2 Å². The molecule has 0 bridgehead atoms. The van der Waals surface area contributed by atoms with Crippen LogP contribution < -0.4 is 4.74 Å². The summed E-state index contributed by atoms with van der Waals surface area (Å²) < 4.78 is 5.93. The largest absolute Gasteiger partial charge is 0.492 e. The van der Waals surface area contributed by atoms with E-state index in [2.05, 4.69) is 25.7 Å². The highest BCUT2D eigenvalue weighted by Crippen LogP contribution is 2.35. The van der Waals surface area contributed by atoms with Crippen LogP contribution in [0.3, 0.4) is 0 Å². The van der Waals surface area contributed by atoms with Crippen molar-refractivity contribution < 1.29 is 9.84 Å². The van der Waals surface area contributed by atoms with E-state index in [1.165, 1.54) is 5.56 Å². The van der Waals surface area contributed by atoms with Gasteiger partial charge in [0.05, 0.1) is 0 Å². The van der Waals surface area contributed by atoms with Crippen LogP contribution in [0.5, 0.6) is 5.75 Å². The molecule has 0 aromatic heterocycles. The van der Waals surface area contributed by atoms with E-state index in [0.717, 1.165) is 53.5 Å². The fraction of sp³-hybridized carbons (Fsp3) is 0.357. The van der Waals surface area contributed by atoms with E-state index in [-0.39, 0.29) is 0 Å². The highest BCUT2D eigenvalue weighted by molar-refractivity contribution is 6.30. The number of ether oxygens (including phenoxy) is 1. The lowest BCUT2D eigenvalue weighted by atomic mass is 9.81. The smallest absolute Gasteiger partial charge is 0.119 e. The summed E-state index contributed by atoms with van der Waals surface area (Å²) in [6.07, 6.45) is 1.31. The van der Waals surface area contributed by atoms with E-state index in [4.69, 9.17) is 16.3 Å². The molecule has 4 heteroatoms. The molecule has 3 nitrogen and oxygen atoms in total. The van der Waals surface area contributed by atoms with Crippen molar-refractivity contribution >= 4 is 11.6 Å². The number of nitrogens with zero attached hydrogens (tertiary/aromatic N) is 1. The molecule has 1 atom stereocenters. The number of likely N-dealkylation sites (N-methyl/N-ethyl adjacent to an activating group) is 1. The summed E-state index contributed by atoms with van der Waals surface area (Å²) in [6.45, 7) is 9.98. The standard InChI is InChI=1S/C28H34ClNO2/c1-4-30(5-2)20-21-32-27-16-12-25(13-17-27)28(31,24-10-6-22(3)7-11-24)19-18-23-8-14-26(29)15-9-23/h6-17,31H,4-5,18-21H2,1-3H3. The molecule has 0 spiro atoms. The summed E-state index contributed by atoms with van der Waals surface area (Å²) in [6, 6.07) is 23.8. The Hall–Kier alpha value is -2.33. The number of benzene rings is 3. The monoisotopic (exact) mass is 451 g/mol. The van der Waals surface area contributed by atoms with Gasteiger partial charge in [-0.2, -0.15) is 0 Å². The number of halogens is 1. The average Bonchev–Trinajstić information content (AvgIpc) is 2.82. The van der Waals surface area contributed by atoms with Gasteiger partial charge in [-0.05, 0) is 73.8 Å². The molecule has 0 aliphatic rings. The summed E-state index contributed by atoms with van der Waals surface area (Å²) in [5.74, 6) is 0.824. The first-order valence-corrected chi connectivity index (χ1v) is 11.8. The molecule has 0 saturated carbocycles. The highest BCUT2D eigenvalue weighted by atomic mass is 35.5. The summed E-state index contributed by atoms with van der Waals surface area (Å²) in [5.41, 5.74) is 2.99. The van der Waals surface area contributed by atoms with E-state index in [9.17, 15) is 5.11 Å². The second-order valence-corrected chi connectivity index (χ2v) is 8.69. The highest BCUT2D eigenvalue weighted by Gasteiger charge is 2.31. The van der Waals surface area contributed by atoms with Gasteiger partial charge in [-0.25, -0.2) is 0 Å². The van der Waals surface area contributed by atoms with Gasteiger partial charge in [-0.1, -0.05) is 79.5 Å². The van der Waals surface area contributed by atoms with Crippen molar-refractivity contribution in [1.29, 1.82) is 0 Å². The van der Waals surface area contributed by atoms with Gasteiger partial charge in [-0.15, -0.1) is 0 Å². The predicted molar refractivity (Wildman–Crippen MR) is 134 cm³/mol. The first kappa shape index (κ1) is 24.3. The van der Waals surface area contributed by atoms with Gasteiger partial charge in [0.15, 0.2) is 0 Å². The van der Waals surface area contributed by atoms with Gasteiger partial charge in [0.25, 0.3) is 0 Å². The number of hydrogen-bond acceptors (Lipinski definition) is 3. The summed E-state index contributed by atoms with van der Waals surface area (Å²) in [4.78, 5) is 2.33. The van der Waals surface area contributed by atoms with Crippen LogP contribution in [0.15, 0.2) is 72.8 Å². The molecule has 0 saturated heterocycles. The number of aliphatic hydroxyl groups is 1. The van der Waals surface area contributed by atoms with Crippen LogP contribution in [0.4, 0.5) is 0 Å². The summed E-state index contributed by atoms with van der Waals surface area (Å²) >= 11 is 6.03. The Balaban J connectivity index is 1.78. The molecule has 3 rings (SSSR count). The maximum Gasteiger partial charge on any atom is 0.119 e. The third-order valence-corrected chi connectivity index (χ3v) is 6.37. The normalized spacial score (nSPS) is 13.2. The third-order valence-electron chi connectivity index (χ3n) is 6.12. The predicted octanol–water partition coefficient (Wildman–Crippen LogP) is 6.24. The second-order valence-electron chi connectivity index (χ2n) is 8.25. The minimum Gasteiger partial charge on any atom is -0.492 e. The summed E-state index contributed by atoms with van der Waals surface area (Å²) in [5, 5.41) is 12.6. The molecule has 1 unspecified atom stereocenters. The minimum absolute atomic E-state index is 0.569. The molecule has 170 valence electrons. The van der Waals surface area contributed by atoms with Crippen molar-refractivity contribution in [2.24, 2.45) is 0 Å². The molecule has 0 heterocycles. The van der Waals surface area contributed by atoms with E-state index in [1.54, 1.807) is 0 Å². The van der Waals surface area contributed by atoms with E-state index >= 15 is 0 Å². The molecule has 32 heavy (non-hydrogen) atoms. The molecule has 0 fully saturated rings.